The van der Waals surface area contributed by atoms with Gasteiger partial charge < -0.3 is 10.1 Å². The largest absolute Gasteiger partial charge is 0.376 e. The Morgan fingerprint density at radius 3 is 2.57 bits per heavy atom. The third-order valence-corrected chi connectivity index (χ3v) is 3.06. The first-order valence-corrected chi connectivity index (χ1v) is 5.29. The fraction of sp³-hybridized carbons (Fsp3) is 0.900. The van der Waals surface area contributed by atoms with Crippen LogP contribution >= 0.6 is 0 Å². The summed E-state index contributed by atoms with van der Waals surface area (Å²) in [4.78, 5) is 11.6. The summed E-state index contributed by atoms with van der Waals surface area (Å²) in [6, 6.07) is -0.414. The minimum absolute atomic E-state index is 0.0145. The lowest BCUT2D eigenvalue weighted by atomic mass is 10.1. The van der Waals surface area contributed by atoms with Gasteiger partial charge in [0.2, 0.25) is 5.91 Å². The summed E-state index contributed by atoms with van der Waals surface area (Å²) < 4.78 is 18.0. The molecule has 2 unspecified atom stereocenters. The lowest BCUT2D eigenvalue weighted by molar-refractivity contribution is -0.125. The maximum atomic E-state index is 13.1. The molecule has 2 rings (SSSR count). The van der Waals surface area contributed by atoms with Gasteiger partial charge >= 0.3 is 0 Å². The monoisotopic (exact) mass is 201 g/mol. The van der Waals surface area contributed by atoms with Crippen molar-refractivity contribution in [1.29, 1.82) is 0 Å². The molecule has 2 atom stereocenters. The smallest absolute Gasteiger partial charge is 0.223 e. The molecule has 14 heavy (non-hydrogen) atoms. The van der Waals surface area contributed by atoms with Crippen LogP contribution in [0.15, 0.2) is 0 Å². The maximum Gasteiger partial charge on any atom is 0.223 e. The Kier molecular flexibility index (Phi) is 3.01. The summed E-state index contributed by atoms with van der Waals surface area (Å²) in [7, 11) is 0. The molecule has 1 aliphatic carbocycles. The fourth-order valence-electron chi connectivity index (χ4n) is 2.15. The molecule has 1 amide bonds. The van der Waals surface area contributed by atoms with Gasteiger partial charge in [-0.1, -0.05) is 12.8 Å². The van der Waals surface area contributed by atoms with Crippen LogP contribution in [0.2, 0.25) is 0 Å². The van der Waals surface area contributed by atoms with Gasteiger partial charge in [0.15, 0.2) is 0 Å². The zero-order chi connectivity index (χ0) is 9.97. The van der Waals surface area contributed by atoms with E-state index < -0.39 is 12.2 Å². The summed E-state index contributed by atoms with van der Waals surface area (Å²) >= 11 is 0. The van der Waals surface area contributed by atoms with Crippen LogP contribution in [0.1, 0.15) is 25.7 Å². The van der Waals surface area contributed by atoms with E-state index in [1.165, 1.54) is 0 Å². The van der Waals surface area contributed by atoms with Gasteiger partial charge in [-0.3, -0.25) is 4.79 Å². The van der Waals surface area contributed by atoms with Crippen molar-refractivity contribution < 1.29 is 13.9 Å². The van der Waals surface area contributed by atoms with Gasteiger partial charge in [-0.25, -0.2) is 4.39 Å². The lowest BCUT2D eigenvalue weighted by Crippen LogP contribution is -2.43. The molecular formula is C10H16FNO2. The highest BCUT2D eigenvalue weighted by molar-refractivity contribution is 5.79. The van der Waals surface area contributed by atoms with Gasteiger partial charge in [0.05, 0.1) is 19.3 Å². The minimum atomic E-state index is -1.03. The number of carbonyl (C=O) groups excluding carboxylic acids is 1. The number of hydrogen-bond donors (Lipinski definition) is 1. The number of carbonyl (C=O) groups is 1. The zero-order valence-electron chi connectivity index (χ0n) is 8.17. The molecule has 0 radical (unpaired) electrons. The van der Waals surface area contributed by atoms with Crippen LogP contribution in [0.25, 0.3) is 0 Å². The van der Waals surface area contributed by atoms with E-state index in [4.69, 9.17) is 4.74 Å². The second kappa shape index (κ2) is 4.26. The Morgan fingerprint density at radius 2 is 2.00 bits per heavy atom. The highest BCUT2D eigenvalue weighted by Gasteiger charge is 2.32. The van der Waals surface area contributed by atoms with Gasteiger partial charge in [-0.2, -0.15) is 0 Å². The van der Waals surface area contributed by atoms with Crippen LogP contribution in [-0.2, 0) is 9.53 Å². The van der Waals surface area contributed by atoms with Crippen molar-refractivity contribution >= 4 is 5.91 Å². The Bertz CT molecular complexity index is 216. The number of halogens is 1. The molecule has 1 N–H and O–H groups in total. The maximum absolute atomic E-state index is 13.1. The molecule has 0 spiro atoms. The summed E-state index contributed by atoms with van der Waals surface area (Å²) in [6.45, 7) is 0.440. The number of hydrogen-bond acceptors (Lipinski definition) is 2. The molecule has 1 heterocycles. The summed E-state index contributed by atoms with van der Waals surface area (Å²) in [5.74, 6) is 0.128. The fourth-order valence-corrected chi connectivity index (χ4v) is 2.15. The molecule has 1 saturated heterocycles. The van der Waals surface area contributed by atoms with E-state index in [9.17, 15) is 9.18 Å². The molecule has 0 aromatic heterocycles. The average Bonchev–Trinajstić information content (AvgIpc) is 2.77. The summed E-state index contributed by atoms with van der Waals surface area (Å²) in [5, 5.41) is 2.73. The number of ether oxygens (including phenoxy) is 1. The third-order valence-electron chi connectivity index (χ3n) is 3.06. The molecule has 3 nitrogen and oxygen atoms in total. The number of nitrogens with one attached hydrogen (secondary N) is 1. The lowest BCUT2D eigenvalue weighted by Gasteiger charge is -2.16. The van der Waals surface area contributed by atoms with Gasteiger partial charge in [-0.05, 0) is 12.8 Å². The standard InChI is InChI=1S/C10H16FNO2/c11-8-5-14-6-9(8)12-10(13)7-3-1-2-4-7/h7-9H,1-6H2,(H,12,13). The van der Waals surface area contributed by atoms with Gasteiger partial charge in [0, 0.05) is 5.92 Å². The minimum Gasteiger partial charge on any atom is -0.376 e. The second-order valence-corrected chi connectivity index (χ2v) is 4.15. The Hall–Kier alpha value is -0.640. The van der Waals surface area contributed by atoms with Crippen molar-refractivity contribution in [3.8, 4) is 0 Å². The van der Waals surface area contributed by atoms with E-state index in [2.05, 4.69) is 5.32 Å². The van der Waals surface area contributed by atoms with Crippen LogP contribution in [0.3, 0.4) is 0 Å². The van der Waals surface area contributed by atoms with E-state index >= 15 is 0 Å². The molecule has 2 fully saturated rings. The van der Waals surface area contributed by atoms with Crippen molar-refractivity contribution in [1.82, 2.24) is 5.32 Å². The quantitative estimate of drug-likeness (QED) is 0.724. The van der Waals surface area contributed by atoms with Crippen molar-refractivity contribution in [2.75, 3.05) is 13.2 Å². The van der Waals surface area contributed by atoms with Crippen LogP contribution < -0.4 is 5.32 Å². The van der Waals surface area contributed by atoms with E-state index in [-0.39, 0.29) is 18.4 Å². The average molecular weight is 201 g/mol. The van der Waals surface area contributed by atoms with E-state index in [1.807, 2.05) is 0 Å². The van der Waals surface area contributed by atoms with Crippen LogP contribution in [-0.4, -0.2) is 31.3 Å². The van der Waals surface area contributed by atoms with Gasteiger partial charge in [0.1, 0.15) is 6.17 Å². The first-order chi connectivity index (χ1) is 6.77. The van der Waals surface area contributed by atoms with Crippen molar-refractivity contribution in [3.05, 3.63) is 0 Å². The van der Waals surface area contributed by atoms with Crippen molar-refractivity contribution in [3.63, 3.8) is 0 Å². The second-order valence-electron chi connectivity index (χ2n) is 4.15. The number of amides is 1. The predicted octanol–water partition coefficient (Wildman–Crippen LogP) is 1.03. The zero-order valence-corrected chi connectivity index (χ0v) is 8.17. The number of rotatable bonds is 2. The number of alkyl halides is 1. The molecule has 4 heteroatoms. The van der Waals surface area contributed by atoms with E-state index in [0.717, 1.165) is 25.7 Å². The van der Waals surface area contributed by atoms with Crippen LogP contribution in [0.5, 0.6) is 0 Å². The molecular weight excluding hydrogens is 185 g/mol. The molecule has 2 aliphatic rings. The predicted molar refractivity (Wildman–Crippen MR) is 49.6 cm³/mol. The highest BCUT2D eigenvalue weighted by Crippen LogP contribution is 2.25. The van der Waals surface area contributed by atoms with E-state index in [1.54, 1.807) is 0 Å². The molecule has 0 aromatic rings. The van der Waals surface area contributed by atoms with Gasteiger partial charge in [-0.15, -0.1) is 0 Å². The van der Waals surface area contributed by atoms with Gasteiger partial charge in [0.25, 0.3) is 0 Å². The normalized spacial score (nSPS) is 33.5. The molecule has 1 aliphatic heterocycles. The first kappa shape index (κ1) is 9.90. The Balaban J connectivity index is 1.81. The van der Waals surface area contributed by atoms with Crippen molar-refractivity contribution in [2.24, 2.45) is 5.92 Å². The van der Waals surface area contributed by atoms with Crippen LogP contribution in [0.4, 0.5) is 4.39 Å². The molecule has 0 bridgehead atoms. The molecule has 1 saturated carbocycles. The molecule has 0 aromatic carbocycles. The van der Waals surface area contributed by atoms with E-state index in [0.29, 0.717) is 6.61 Å². The summed E-state index contributed by atoms with van der Waals surface area (Å²) in [6.07, 6.45) is 3.13. The third kappa shape index (κ3) is 2.05. The van der Waals surface area contributed by atoms with Crippen molar-refractivity contribution in [2.45, 2.75) is 37.9 Å². The SMILES string of the molecule is O=C(NC1COCC1F)C1CCCC1. The Morgan fingerprint density at radius 1 is 1.29 bits per heavy atom. The Labute approximate surface area is 83.0 Å². The summed E-state index contributed by atoms with van der Waals surface area (Å²) in [5.41, 5.74) is 0. The highest BCUT2D eigenvalue weighted by atomic mass is 19.1. The van der Waals surface area contributed by atoms with Crippen LogP contribution in [0, 0.1) is 5.92 Å². The molecule has 80 valence electrons. The first-order valence-electron chi connectivity index (χ1n) is 5.29. The topological polar surface area (TPSA) is 38.3 Å².